The average Bonchev–Trinajstić information content (AvgIpc) is 3.05. The first-order valence-electron chi connectivity index (χ1n) is 7.68. The number of carbonyl (C=O) groups is 1. The molecule has 6 nitrogen and oxygen atoms in total. The molecule has 1 aliphatic heterocycles. The Morgan fingerprint density at radius 3 is 2.65 bits per heavy atom. The van der Waals surface area contributed by atoms with Gasteiger partial charge in [0.2, 0.25) is 0 Å². The van der Waals surface area contributed by atoms with Crippen LogP contribution < -0.4 is 14.8 Å². The minimum atomic E-state index is -4.87. The molecule has 1 aromatic heterocycles. The molecule has 1 aliphatic rings. The molecular weight excluding hydrogens is 355 g/mol. The van der Waals surface area contributed by atoms with E-state index in [4.69, 9.17) is 9.15 Å². The fourth-order valence-corrected chi connectivity index (χ4v) is 2.75. The number of benzene rings is 1. The van der Waals surface area contributed by atoms with Crippen LogP contribution in [0.4, 0.5) is 13.2 Å². The van der Waals surface area contributed by atoms with E-state index in [9.17, 15) is 23.1 Å². The Morgan fingerprint density at radius 2 is 2.04 bits per heavy atom. The van der Waals surface area contributed by atoms with Crippen molar-refractivity contribution in [2.45, 2.75) is 38.0 Å². The van der Waals surface area contributed by atoms with E-state index in [-0.39, 0.29) is 17.1 Å². The van der Waals surface area contributed by atoms with Gasteiger partial charge in [-0.25, -0.2) is 0 Å². The van der Waals surface area contributed by atoms with E-state index in [1.54, 1.807) is 13.8 Å². The van der Waals surface area contributed by atoms with Gasteiger partial charge < -0.3 is 24.3 Å². The molecule has 3 rings (SSSR count). The van der Waals surface area contributed by atoms with Gasteiger partial charge in [0.05, 0.1) is 12.3 Å². The third-order valence-electron chi connectivity index (χ3n) is 3.98. The number of rotatable bonds is 3. The molecule has 2 heterocycles. The van der Waals surface area contributed by atoms with Gasteiger partial charge in [0.15, 0.2) is 5.76 Å². The van der Waals surface area contributed by atoms with Gasteiger partial charge in [0.1, 0.15) is 23.2 Å². The summed E-state index contributed by atoms with van der Waals surface area (Å²) in [6, 6.07) is 5.40. The number of alkyl halides is 3. The number of hydrogen-bond acceptors (Lipinski definition) is 5. The van der Waals surface area contributed by atoms with Crippen molar-refractivity contribution in [2.24, 2.45) is 0 Å². The summed E-state index contributed by atoms with van der Waals surface area (Å²) in [5.74, 6) is -0.862. The molecule has 0 unspecified atom stereocenters. The summed E-state index contributed by atoms with van der Waals surface area (Å²) >= 11 is 0. The van der Waals surface area contributed by atoms with E-state index in [0.717, 1.165) is 12.1 Å². The standard InChI is InChI=1S/C17H16F3NO5/c1-16(2)14(22)13(21-15(23)12-4-3-7-24-12)10-8-9(25-17(18,19)20)5-6-11(10)26-16/h3-8,13-14,22H,1-2H3,(H,21,23)/t13-,14+/m0/s1. The maximum atomic E-state index is 12.5. The number of aliphatic hydroxyl groups excluding tert-OH is 1. The molecule has 9 heteroatoms. The lowest BCUT2D eigenvalue weighted by molar-refractivity contribution is -0.274. The first kappa shape index (κ1) is 18.1. The van der Waals surface area contributed by atoms with E-state index < -0.39 is 35.8 Å². The van der Waals surface area contributed by atoms with Crippen LogP contribution in [0.1, 0.15) is 36.0 Å². The summed E-state index contributed by atoms with van der Waals surface area (Å²) in [7, 11) is 0. The molecule has 0 bridgehead atoms. The van der Waals surface area contributed by atoms with Crippen molar-refractivity contribution in [3.8, 4) is 11.5 Å². The van der Waals surface area contributed by atoms with E-state index in [1.165, 1.54) is 24.5 Å². The van der Waals surface area contributed by atoms with Crippen LogP contribution in [0.5, 0.6) is 11.5 Å². The predicted octanol–water partition coefficient (Wildman–Crippen LogP) is 3.18. The molecule has 140 valence electrons. The molecular formula is C17H16F3NO5. The number of fused-ring (bicyclic) bond motifs is 1. The number of halogens is 3. The zero-order valence-electron chi connectivity index (χ0n) is 13.8. The van der Waals surface area contributed by atoms with Gasteiger partial charge in [-0.3, -0.25) is 4.79 Å². The topological polar surface area (TPSA) is 80.9 Å². The Hall–Kier alpha value is -2.68. The Balaban J connectivity index is 1.97. The number of furan rings is 1. The van der Waals surface area contributed by atoms with E-state index in [1.807, 2.05) is 0 Å². The van der Waals surface area contributed by atoms with Gasteiger partial charge in [-0.15, -0.1) is 13.2 Å². The summed E-state index contributed by atoms with van der Waals surface area (Å²) in [6.07, 6.45) is -4.79. The summed E-state index contributed by atoms with van der Waals surface area (Å²) in [5, 5.41) is 13.2. The smallest absolute Gasteiger partial charge is 0.485 e. The molecule has 0 aliphatic carbocycles. The van der Waals surface area contributed by atoms with Crippen LogP contribution in [-0.4, -0.2) is 29.1 Å². The van der Waals surface area contributed by atoms with Crippen molar-refractivity contribution in [1.82, 2.24) is 5.32 Å². The fourth-order valence-electron chi connectivity index (χ4n) is 2.75. The van der Waals surface area contributed by atoms with Crippen molar-refractivity contribution in [2.75, 3.05) is 0 Å². The van der Waals surface area contributed by atoms with Crippen LogP contribution in [0.25, 0.3) is 0 Å². The quantitative estimate of drug-likeness (QED) is 0.866. The maximum absolute atomic E-state index is 12.5. The Labute approximate surface area is 146 Å². The lowest BCUT2D eigenvalue weighted by Gasteiger charge is -2.42. The second-order valence-electron chi connectivity index (χ2n) is 6.33. The lowest BCUT2D eigenvalue weighted by Crippen LogP contribution is -2.53. The van der Waals surface area contributed by atoms with Crippen LogP contribution in [0, 0.1) is 0 Å². The zero-order valence-corrected chi connectivity index (χ0v) is 13.8. The first-order chi connectivity index (χ1) is 12.1. The Morgan fingerprint density at radius 1 is 1.31 bits per heavy atom. The molecule has 2 N–H and O–H groups in total. The summed E-state index contributed by atoms with van der Waals surface area (Å²) in [5.41, 5.74) is -0.918. The van der Waals surface area contributed by atoms with Crippen molar-refractivity contribution < 1.29 is 37.0 Å². The van der Waals surface area contributed by atoms with Crippen LogP contribution in [0.2, 0.25) is 0 Å². The van der Waals surface area contributed by atoms with Crippen LogP contribution in [-0.2, 0) is 0 Å². The molecule has 1 aromatic carbocycles. The highest BCUT2D eigenvalue weighted by Gasteiger charge is 2.44. The molecule has 2 aromatic rings. The van der Waals surface area contributed by atoms with Gasteiger partial charge >= 0.3 is 6.36 Å². The van der Waals surface area contributed by atoms with Crippen molar-refractivity contribution in [3.05, 3.63) is 47.9 Å². The number of nitrogens with one attached hydrogen (secondary N) is 1. The highest BCUT2D eigenvalue weighted by Crippen LogP contribution is 2.42. The Bertz CT molecular complexity index is 801. The minimum absolute atomic E-state index is 0.00532. The largest absolute Gasteiger partial charge is 0.573 e. The number of hydrogen-bond donors (Lipinski definition) is 2. The fraction of sp³-hybridized carbons (Fsp3) is 0.353. The molecule has 0 radical (unpaired) electrons. The van der Waals surface area contributed by atoms with E-state index >= 15 is 0 Å². The highest BCUT2D eigenvalue weighted by molar-refractivity contribution is 5.91. The second kappa shape index (κ2) is 6.24. The van der Waals surface area contributed by atoms with Crippen LogP contribution >= 0.6 is 0 Å². The van der Waals surface area contributed by atoms with Gasteiger partial charge in [0.25, 0.3) is 5.91 Å². The number of carbonyl (C=O) groups excluding carboxylic acids is 1. The van der Waals surface area contributed by atoms with Gasteiger partial charge in [0, 0.05) is 5.56 Å². The Kier molecular flexibility index (Phi) is 4.35. The summed E-state index contributed by atoms with van der Waals surface area (Å²) in [4.78, 5) is 12.3. The minimum Gasteiger partial charge on any atom is -0.485 e. The predicted molar refractivity (Wildman–Crippen MR) is 82.8 cm³/mol. The molecule has 0 spiro atoms. The van der Waals surface area contributed by atoms with Crippen LogP contribution in [0.3, 0.4) is 0 Å². The molecule has 26 heavy (non-hydrogen) atoms. The molecule has 0 saturated carbocycles. The monoisotopic (exact) mass is 371 g/mol. The molecule has 0 saturated heterocycles. The molecule has 1 amide bonds. The molecule has 2 atom stereocenters. The van der Waals surface area contributed by atoms with Gasteiger partial charge in [-0.05, 0) is 44.2 Å². The normalized spacial score (nSPS) is 21.5. The second-order valence-corrected chi connectivity index (χ2v) is 6.33. The van der Waals surface area contributed by atoms with Crippen molar-refractivity contribution in [1.29, 1.82) is 0 Å². The van der Waals surface area contributed by atoms with E-state index in [2.05, 4.69) is 10.1 Å². The van der Waals surface area contributed by atoms with Crippen LogP contribution in [0.15, 0.2) is 41.0 Å². The van der Waals surface area contributed by atoms with Gasteiger partial charge in [-0.1, -0.05) is 0 Å². The summed E-state index contributed by atoms with van der Waals surface area (Å²) < 4.78 is 52.0. The average molecular weight is 371 g/mol. The van der Waals surface area contributed by atoms with Gasteiger partial charge in [-0.2, -0.15) is 0 Å². The third-order valence-corrected chi connectivity index (χ3v) is 3.98. The maximum Gasteiger partial charge on any atom is 0.573 e. The number of amides is 1. The SMILES string of the molecule is CC1(C)Oc2ccc(OC(F)(F)F)cc2[C@H](NC(=O)c2ccco2)[C@H]1O. The lowest BCUT2D eigenvalue weighted by atomic mass is 9.86. The van der Waals surface area contributed by atoms with Crippen molar-refractivity contribution >= 4 is 5.91 Å². The highest BCUT2D eigenvalue weighted by atomic mass is 19.4. The number of ether oxygens (including phenoxy) is 2. The first-order valence-corrected chi connectivity index (χ1v) is 7.68. The van der Waals surface area contributed by atoms with E-state index in [0.29, 0.717) is 0 Å². The third kappa shape index (κ3) is 3.62. The molecule has 0 fully saturated rings. The zero-order chi connectivity index (χ0) is 19.1. The van der Waals surface area contributed by atoms with Crippen molar-refractivity contribution in [3.63, 3.8) is 0 Å². The summed E-state index contributed by atoms with van der Waals surface area (Å²) in [6.45, 7) is 3.21. The number of aliphatic hydroxyl groups is 1.